The minimum atomic E-state index is -1.81. The molecule has 0 amide bonds. The number of carbonyl (C=O) groups is 2. The lowest BCUT2D eigenvalue weighted by atomic mass is 9.33. The molecule has 2 aliphatic heterocycles. The van der Waals surface area contributed by atoms with E-state index in [0.717, 1.165) is 31.3 Å². The molecule has 0 aromatic heterocycles. The number of aliphatic carboxylic acids is 1. The van der Waals surface area contributed by atoms with Crippen molar-refractivity contribution in [1.29, 1.82) is 0 Å². The van der Waals surface area contributed by atoms with Crippen LogP contribution in [-0.4, -0.2) is 138 Å². The Morgan fingerprint density at radius 3 is 2.05 bits per heavy atom. The Hall–Kier alpha value is -1.76. The van der Waals surface area contributed by atoms with E-state index in [2.05, 4.69) is 54.5 Å². The van der Waals surface area contributed by atoms with Gasteiger partial charge in [0.1, 0.15) is 48.1 Å². The molecule has 19 atom stereocenters. The van der Waals surface area contributed by atoms with E-state index in [4.69, 9.17) is 18.9 Å². The third-order valence-electron chi connectivity index (χ3n) is 17.2. The number of hydrogen-bond acceptors (Lipinski definition) is 14. The molecule has 0 spiro atoms. The predicted molar refractivity (Wildman–Crippen MR) is 199 cm³/mol. The number of aliphatic hydroxyl groups is 8. The Labute approximate surface area is 334 Å². The highest BCUT2D eigenvalue weighted by Gasteiger charge is 2.72. The van der Waals surface area contributed by atoms with Gasteiger partial charge in [-0.3, -0.25) is 4.79 Å². The number of esters is 1. The van der Waals surface area contributed by atoms with Crippen LogP contribution >= 0.6 is 0 Å². The zero-order valence-electron chi connectivity index (χ0n) is 34.3. The van der Waals surface area contributed by atoms with Crippen molar-refractivity contribution in [1.82, 2.24) is 0 Å². The number of carboxylic acids is 1. The molecule has 0 unspecified atom stereocenters. The zero-order valence-corrected chi connectivity index (χ0v) is 34.3. The van der Waals surface area contributed by atoms with Crippen molar-refractivity contribution < 1.29 is 74.5 Å². The lowest BCUT2D eigenvalue weighted by Gasteiger charge is -2.71. The van der Waals surface area contributed by atoms with Crippen LogP contribution < -0.4 is 0 Å². The molecular weight excluding hydrogens is 744 g/mol. The van der Waals surface area contributed by atoms with Gasteiger partial charge in [-0.1, -0.05) is 60.1 Å². The van der Waals surface area contributed by atoms with Crippen molar-refractivity contribution in [3.63, 3.8) is 0 Å². The van der Waals surface area contributed by atoms with Gasteiger partial charge >= 0.3 is 11.9 Å². The molecule has 4 saturated carbocycles. The van der Waals surface area contributed by atoms with E-state index in [1.54, 1.807) is 0 Å². The topological polar surface area (TPSA) is 253 Å². The van der Waals surface area contributed by atoms with E-state index < -0.39 is 108 Å². The molecule has 7 rings (SSSR count). The van der Waals surface area contributed by atoms with Crippen LogP contribution in [0.15, 0.2) is 11.6 Å². The molecule has 6 fully saturated rings. The smallest absolute Gasteiger partial charge is 0.335 e. The first kappa shape index (κ1) is 43.3. The third-order valence-corrected chi connectivity index (χ3v) is 17.2. The summed E-state index contributed by atoms with van der Waals surface area (Å²) in [6.07, 6.45) is -9.99. The fraction of sp³-hybridized carbons (Fsp3) is 0.905. The number of carboxylic acid groups (broad SMARTS) is 1. The summed E-state index contributed by atoms with van der Waals surface area (Å²) >= 11 is 0. The minimum Gasteiger partial charge on any atom is -0.479 e. The second kappa shape index (κ2) is 14.4. The molecule has 0 radical (unpaired) electrons. The summed E-state index contributed by atoms with van der Waals surface area (Å²) < 4.78 is 23.4. The van der Waals surface area contributed by atoms with E-state index in [1.165, 1.54) is 0 Å². The second-order valence-corrected chi connectivity index (χ2v) is 20.8. The first-order valence-electron chi connectivity index (χ1n) is 20.9. The number of allylic oxidation sites excluding steroid dienone is 2. The number of fused-ring (bicyclic) bond motifs is 7. The number of carbonyl (C=O) groups excluding carboxylic acids is 1. The molecule has 2 heterocycles. The summed E-state index contributed by atoms with van der Waals surface area (Å²) in [5.41, 5.74) is -1.83. The molecule has 0 aromatic carbocycles. The summed E-state index contributed by atoms with van der Waals surface area (Å²) in [4.78, 5) is 26.4. The Balaban J connectivity index is 1.18. The maximum Gasteiger partial charge on any atom is 0.335 e. The average Bonchev–Trinajstić information content (AvgIpc) is 3.12. The number of aliphatic hydroxyl groups excluding tert-OH is 8. The predicted octanol–water partition coefficient (Wildman–Crippen LogP) is 1.38. The average molecular weight is 811 g/mol. The van der Waals surface area contributed by atoms with Gasteiger partial charge < -0.3 is 64.9 Å². The van der Waals surface area contributed by atoms with Crippen molar-refractivity contribution in [3.8, 4) is 0 Å². The van der Waals surface area contributed by atoms with Gasteiger partial charge in [0.25, 0.3) is 0 Å². The molecule has 324 valence electrons. The van der Waals surface area contributed by atoms with Gasteiger partial charge in [-0.25, -0.2) is 4.79 Å². The van der Waals surface area contributed by atoms with Gasteiger partial charge in [0.05, 0.1) is 18.8 Å². The molecule has 0 aromatic rings. The summed E-state index contributed by atoms with van der Waals surface area (Å²) in [5.74, 6) is -2.26. The summed E-state index contributed by atoms with van der Waals surface area (Å²) in [6, 6.07) is 0. The third kappa shape index (κ3) is 6.30. The van der Waals surface area contributed by atoms with Crippen LogP contribution in [0.4, 0.5) is 0 Å². The van der Waals surface area contributed by atoms with Crippen LogP contribution in [0.2, 0.25) is 0 Å². The summed E-state index contributed by atoms with van der Waals surface area (Å²) in [6.45, 7) is 14.9. The molecule has 57 heavy (non-hydrogen) atoms. The Morgan fingerprint density at radius 1 is 0.754 bits per heavy atom. The largest absolute Gasteiger partial charge is 0.479 e. The molecule has 15 nitrogen and oxygen atoms in total. The van der Waals surface area contributed by atoms with Crippen LogP contribution in [0.25, 0.3) is 0 Å². The van der Waals surface area contributed by atoms with Gasteiger partial charge in [0.2, 0.25) is 6.29 Å². The molecule has 5 aliphatic carbocycles. The molecule has 7 aliphatic rings. The fourth-order valence-corrected chi connectivity index (χ4v) is 13.6. The van der Waals surface area contributed by atoms with Crippen molar-refractivity contribution in [2.75, 3.05) is 6.61 Å². The van der Waals surface area contributed by atoms with Gasteiger partial charge in [-0.15, -0.1) is 0 Å². The first-order valence-corrected chi connectivity index (χ1v) is 20.9. The number of hydrogen-bond donors (Lipinski definition) is 9. The van der Waals surface area contributed by atoms with Gasteiger partial charge in [0, 0.05) is 0 Å². The van der Waals surface area contributed by atoms with Crippen molar-refractivity contribution in [2.45, 2.75) is 180 Å². The second-order valence-electron chi connectivity index (χ2n) is 20.8. The van der Waals surface area contributed by atoms with E-state index in [1.807, 2.05) is 0 Å². The van der Waals surface area contributed by atoms with Gasteiger partial charge in [-0.2, -0.15) is 0 Å². The summed E-state index contributed by atoms with van der Waals surface area (Å²) in [5, 5.41) is 94.9. The summed E-state index contributed by atoms with van der Waals surface area (Å²) in [7, 11) is 0. The lowest BCUT2D eigenvalue weighted by molar-refractivity contribution is -0.324. The highest BCUT2D eigenvalue weighted by Crippen LogP contribution is 2.76. The van der Waals surface area contributed by atoms with Crippen molar-refractivity contribution in [3.05, 3.63) is 11.6 Å². The van der Waals surface area contributed by atoms with Crippen LogP contribution in [0, 0.1) is 50.2 Å². The Morgan fingerprint density at radius 2 is 1.40 bits per heavy atom. The molecule has 9 N–H and O–H groups in total. The monoisotopic (exact) mass is 810 g/mol. The maximum absolute atomic E-state index is 14.6. The van der Waals surface area contributed by atoms with Crippen LogP contribution in [0.1, 0.15) is 106 Å². The fourth-order valence-electron chi connectivity index (χ4n) is 13.6. The van der Waals surface area contributed by atoms with Crippen LogP contribution in [-0.2, 0) is 28.5 Å². The van der Waals surface area contributed by atoms with E-state index in [9.17, 15) is 55.5 Å². The van der Waals surface area contributed by atoms with Gasteiger partial charge in [-0.05, 0) is 103 Å². The van der Waals surface area contributed by atoms with Crippen LogP contribution in [0.5, 0.6) is 0 Å². The highest BCUT2D eigenvalue weighted by atomic mass is 16.7. The minimum absolute atomic E-state index is 0.140. The number of rotatable bonds is 6. The number of ether oxygens (including phenoxy) is 4. The highest BCUT2D eigenvalue weighted by molar-refractivity contribution is 5.80. The van der Waals surface area contributed by atoms with Crippen molar-refractivity contribution in [2.24, 2.45) is 50.2 Å². The lowest BCUT2D eigenvalue weighted by Crippen LogP contribution is -2.68. The molecule has 0 bridgehead atoms. The SMILES string of the molecule is CC1(C)CC[C@]2(C(=O)O[C@@H]3O[C@H](CO)[C@@H](O)[C@H](O)[C@H]3O)[C@H](O)C[C@]3(C)C(=CC[C@@H]4[C@@]5(C)CC[C@H](O[C@@H]6O[C@H](C(=O)O)[C@@H](O)[C@H](O)[C@H]6O)C(C)(C)[C@@H]5CC[C@]43C)[C@@H]2C1. The molecule has 2 saturated heterocycles. The van der Waals surface area contributed by atoms with E-state index in [-0.39, 0.29) is 34.0 Å². The van der Waals surface area contributed by atoms with Gasteiger partial charge in [0.15, 0.2) is 12.4 Å². The van der Waals surface area contributed by atoms with E-state index >= 15 is 0 Å². The maximum atomic E-state index is 14.6. The normalized spacial score (nSPS) is 52.9. The molecule has 15 heteroatoms. The van der Waals surface area contributed by atoms with Crippen LogP contribution in [0.3, 0.4) is 0 Å². The van der Waals surface area contributed by atoms with Crippen molar-refractivity contribution >= 4 is 11.9 Å². The zero-order chi connectivity index (χ0) is 42.0. The Bertz CT molecular complexity index is 1600. The Kier molecular flexibility index (Phi) is 11.0. The first-order chi connectivity index (χ1) is 26.4. The molecular formula is C42H66O15. The van der Waals surface area contributed by atoms with E-state index in [0.29, 0.717) is 32.1 Å². The quantitative estimate of drug-likeness (QED) is 0.104. The standard InChI is InChI=1S/C42H66O15/c1-37(2)14-15-42(36(53)57-34-30(49)27(46)26(45)21(18-43)54-34)20(16-37)19-8-9-23-39(5)12-11-25(55-35-31(50)28(47)29(48)32(56-35)33(51)52)38(3,4)22(39)10-13-40(23,6)41(19,7)17-24(42)44/h8,20-32,34-35,43-50H,9-18H2,1-7H3,(H,51,52)/t20-,21+,22-,23+,24+,25-,26+,27-,28-,29-,30+,31+,32-,34-,35+,39-,40+,41+,42+/m0/s1.